The summed E-state index contributed by atoms with van der Waals surface area (Å²) in [4.78, 5) is 29.6. The molecule has 6 nitrogen and oxygen atoms in total. The Labute approximate surface area is 187 Å². The van der Waals surface area contributed by atoms with E-state index in [4.69, 9.17) is 9.73 Å². The first-order valence-electron chi connectivity index (χ1n) is 10.2. The maximum atomic E-state index is 12.8. The predicted octanol–water partition coefficient (Wildman–Crippen LogP) is 5.36. The quantitative estimate of drug-likeness (QED) is 0.595. The highest BCUT2D eigenvalue weighted by Gasteiger charge is 2.20. The van der Waals surface area contributed by atoms with Gasteiger partial charge in [-0.1, -0.05) is 36.0 Å². The summed E-state index contributed by atoms with van der Waals surface area (Å²) in [5.74, 6) is -0.419. The van der Waals surface area contributed by atoms with E-state index in [0.717, 1.165) is 28.2 Å². The summed E-state index contributed by atoms with van der Waals surface area (Å²) in [6.07, 6.45) is 1.91. The van der Waals surface area contributed by atoms with Crippen LogP contribution in [0.1, 0.15) is 31.4 Å². The van der Waals surface area contributed by atoms with Crippen molar-refractivity contribution < 1.29 is 14.3 Å². The van der Waals surface area contributed by atoms with Crippen molar-refractivity contribution >= 4 is 45.7 Å². The number of fused-ring (bicyclic) bond motifs is 1. The summed E-state index contributed by atoms with van der Waals surface area (Å²) < 4.78 is 5.08. The molecule has 0 saturated heterocycles. The van der Waals surface area contributed by atoms with E-state index >= 15 is 0 Å². The molecule has 1 amide bonds. The van der Waals surface area contributed by atoms with Crippen molar-refractivity contribution in [3.05, 3.63) is 65.4 Å². The fourth-order valence-electron chi connectivity index (χ4n) is 3.06. The van der Waals surface area contributed by atoms with Crippen LogP contribution >= 0.6 is 11.8 Å². The van der Waals surface area contributed by atoms with Crippen molar-refractivity contribution in [2.24, 2.45) is 4.99 Å². The second-order valence-electron chi connectivity index (χ2n) is 7.24. The van der Waals surface area contributed by atoms with Gasteiger partial charge in [0.25, 0.3) is 0 Å². The molecule has 0 radical (unpaired) electrons. The topological polar surface area (TPSA) is 79.8 Å². The Kier molecular flexibility index (Phi) is 7.52. The molecule has 1 aliphatic heterocycles. The van der Waals surface area contributed by atoms with Crippen molar-refractivity contribution in [2.45, 2.75) is 39.4 Å². The van der Waals surface area contributed by atoms with E-state index in [1.807, 2.05) is 69.3 Å². The average molecular weight is 438 g/mol. The minimum atomic E-state index is -0.385. The Morgan fingerprint density at radius 3 is 2.71 bits per heavy atom. The second kappa shape index (κ2) is 10.3. The number of aryl methyl sites for hydroxylation is 1. The SMILES string of the molecule is CCOC(=O)CC1=CC(S[C@@H](C)C(=O)Nc2cccc(C)c2C)=Nc2ccccc2N1. The predicted molar refractivity (Wildman–Crippen MR) is 128 cm³/mol. The van der Waals surface area contributed by atoms with Crippen LogP contribution in [-0.2, 0) is 14.3 Å². The summed E-state index contributed by atoms with van der Waals surface area (Å²) in [6, 6.07) is 13.5. The molecule has 2 N–H and O–H groups in total. The van der Waals surface area contributed by atoms with Crippen LogP contribution in [0.4, 0.5) is 17.1 Å². The number of carbonyl (C=O) groups excluding carboxylic acids is 2. The minimum absolute atomic E-state index is 0.102. The van der Waals surface area contributed by atoms with Crippen LogP contribution in [0.5, 0.6) is 0 Å². The third-order valence-corrected chi connectivity index (χ3v) is 5.92. The normalized spacial score (nSPS) is 13.7. The van der Waals surface area contributed by atoms with Gasteiger partial charge in [-0.05, 0) is 63.1 Å². The number of para-hydroxylation sites is 2. The Balaban J connectivity index is 1.79. The summed E-state index contributed by atoms with van der Waals surface area (Å²) in [6.45, 7) is 7.96. The number of nitrogens with one attached hydrogen (secondary N) is 2. The molecule has 0 aromatic heterocycles. The second-order valence-corrected chi connectivity index (χ2v) is 8.60. The van der Waals surface area contributed by atoms with E-state index in [0.29, 0.717) is 17.3 Å². The fourth-order valence-corrected chi connectivity index (χ4v) is 3.95. The maximum Gasteiger partial charge on any atom is 0.311 e. The molecular formula is C24H27N3O3S. The molecule has 1 heterocycles. The van der Waals surface area contributed by atoms with E-state index in [1.165, 1.54) is 11.8 Å². The van der Waals surface area contributed by atoms with Gasteiger partial charge in [-0.15, -0.1) is 0 Å². The molecule has 0 aliphatic carbocycles. The summed E-state index contributed by atoms with van der Waals surface area (Å²) in [7, 11) is 0. The first-order valence-corrected chi connectivity index (χ1v) is 11.1. The highest BCUT2D eigenvalue weighted by Crippen LogP contribution is 2.32. The van der Waals surface area contributed by atoms with Crippen LogP contribution < -0.4 is 10.6 Å². The van der Waals surface area contributed by atoms with Crippen LogP contribution in [0, 0.1) is 13.8 Å². The number of anilines is 2. The Morgan fingerprint density at radius 2 is 1.94 bits per heavy atom. The van der Waals surface area contributed by atoms with Crippen LogP contribution in [0.2, 0.25) is 0 Å². The van der Waals surface area contributed by atoms with Crippen molar-refractivity contribution in [3.63, 3.8) is 0 Å². The lowest BCUT2D eigenvalue weighted by atomic mass is 10.1. The smallest absolute Gasteiger partial charge is 0.311 e. The summed E-state index contributed by atoms with van der Waals surface area (Å²) >= 11 is 1.35. The number of amides is 1. The number of rotatable bonds is 6. The lowest BCUT2D eigenvalue weighted by Crippen LogP contribution is -2.24. The van der Waals surface area contributed by atoms with Gasteiger partial charge < -0.3 is 15.4 Å². The van der Waals surface area contributed by atoms with Gasteiger partial charge >= 0.3 is 5.97 Å². The number of nitrogens with zero attached hydrogens (tertiary/aromatic N) is 1. The number of hydrogen-bond acceptors (Lipinski definition) is 6. The van der Waals surface area contributed by atoms with Gasteiger partial charge in [0.2, 0.25) is 5.91 Å². The molecule has 0 bridgehead atoms. The van der Waals surface area contributed by atoms with E-state index < -0.39 is 0 Å². The Bertz CT molecular complexity index is 1050. The number of aliphatic imine (C=N–C) groups is 1. The molecule has 2 aromatic carbocycles. The van der Waals surface area contributed by atoms with Crippen molar-refractivity contribution in [3.8, 4) is 0 Å². The van der Waals surface area contributed by atoms with Crippen LogP contribution in [-0.4, -0.2) is 28.8 Å². The molecule has 2 aromatic rings. The van der Waals surface area contributed by atoms with Crippen molar-refractivity contribution in [2.75, 3.05) is 17.2 Å². The molecule has 3 rings (SSSR count). The standard InChI is InChI=1S/C24H27N3O3S/c1-5-30-23(28)14-18-13-22(26-21-11-7-6-10-20(21)25-18)31-17(4)24(29)27-19-12-8-9-15(2)16(19)3/h6-13,17,25H,5,14H2,1-4H3,(H,27,29)/t17-/m0/s1. The molecule has 0 fully saturated rings. The Hall–Kier alpha value is -3.06. The molecule has 0 saturated carbocycles. The number of hydrogen-bond donors (Lipinski definition) is 2. The third-order valence-electron chi connectivity index (χ3n) is 4.90. The molecule has 31 heavy (non-hydrogen) atoms. The van der Waals surface area contributed by atoms with Crippen molar-refractivity contribution in [1.29, 1.82) is 0 Å². The molecule has 0 unspecified atom stereocenters. The van der Waals surface area contributed by atoms with Gasteiger partial charge in [-0.3, -0.25) is 9.59 Å². The van der Waals surface area contributed by atoms with Gasteiger partial charge in [-0.2, -0.15) is 0 Å². The first kappa shape index (κ1) is 22.6. The molecule has 0 spiro atoms. The first-order chi connectivity index (χ1) is 14.9. The van der Waals surface area contributed by atoms with Gasteiger partial charge in [0.15, 0.2) is 0 Å². The molecule has 162 valence electrons. The summed E-state index contributed by atoms with van der Waals surface area (Å²) in [5.41, 5.74) is 5.22. The zero-order chi connectivity index (χ0) is 22.4. The minimum Gasteiger partial charge on any atom is -0.466 e. The number of thioether (sulfide) groups is 1. The molecular weight excluding hydrogens is 410 g/mol. The van der Waals surface area contributed by atoms with Crippen molar-refractivity contribution in [1.82, 2.24) is 0 Å². The highest BCUT2D eigenvalue weighted by molar-refractivity contribution is 8.15. The lowest BCUT2D eigenvalue weighted by Gasteiger charge is -2.14. The third kappa shape index (κ3) is 5.98. The number of ether oxygens (including phenoxy) is 1. The maximum absolute atomic E-state index is 12.8. The van der Waals surface area contributed by atoms with E-state index in [-0.39, 0.29) is 23.5 Å². The van der Waals surface area contributed by atoms with Gasteiger partial charge in [-0.25, -0.2) is 4.99 Å². The number of carbonyl (C=O) groups is 2. The van der Waals surface area contributed by atoms with Gasteiger partial charge in [0, 0.05) is 11.4 Å². The van der Waals surface area contributed by atoms with E-state index in [1.54, 1.807) is 6.92 Å². The van der Waals surface area contributed by atoms with Crippen LogP contribution in [0.25, 0.3) is 0 Å². The van der Waals surface area contributed by atoms with Gasteiger partial charge in [0.05, 0.1) is 34.7 Å². The summed E-state index contributed by atoms with van der Waals surface area (Å²) in [5, 5.41) is 6.54. The van der Waals surface area contributed by atoms with Gasteiger partial charge in [0.1, 0.15) is 0 Å². The molecule has 1 aliphatic rings. The lowest BCUT2D eigenvalue weighted by molar-refractivity contribution is -0.142. The Morgan fingerprint density at radius 1 is 1.16 bits per heavy atom. The number of benzene rings is 2. The number of esters is 1. The van der Waals surface area contributed by atoms with E-state index in [9.17, 15) is 9.59 Å². The van der Waals surface area contributed by atoms with Crippen LogP contribution in [0.3, 0.4) is 0 Å². The highest BCUT2D eigenvalue weighted by atomic mass is 32.2. The largest absolute Gasteiger partial charge is 0.466 e. The zero-order valence-corrected chi connectivity index (χ0v) is 19.0. The van der Waals surface area contributed by atoms with E-state index in [2.05, 4.69) is 10.6 Å². The monoisotopic (exact) mass is 437 g/mol. The molecule has 7 heteroatoms. The molecule has 1 atom stereocenters. The average Bonchev–Trinajstić information content (AvgIpc) is 2.89. The fraction of sp³-hybridized carbons (Fsp3) is 0.292. The zero-order valence-electron chi connectivity index (χ0n) is 18.2. The van der Waals surface area contributed by atoms with Crippen LogP contribution in [0.15, 0.2) is 59.2 Å².